The number of ketones is 1. The molecule has 2 heterocycles. The van der Waals surface area contributed by atoms with Crippen LogP contribution in [0.1, 0.15) is 39.6 Å². The molecule has 0 saturated heterocycles. The maximum atomic E-state index is 13.0. The summed E-state index contributed by atoms with van der Waals surface area (Å²) in [6.45, 7) is 0.712. The van der Waals surface area contributed by atoms with Crippen molar-refractivity contribution in [1.82, 2.24) is 4.57 Å². The Hall–Kier alpha value is -2.77. The standard InChI is InChI=1S/C22H21ClN2O4S/c1-29-16-6-3-14(4-7-16)22(26)21-10-9-20-18(11-12-25(20)21)17-8-5-15(13-19(17)23)24-30(2,27)28/h3-10,13,18,24H,11-12H2,1-2H3. The largest absolute Gasteiger partial charge is 0.497 e. The average molecular weight is 445 g/mol. The van der Waals surface area contributed by atoms with Gasteiger partial charge in [-0.25, -0.2) is 8.42 Å². The second kappa shape index (κ2) is 7.81. The minimum atomic E-state index is -3.37. The normalized spacial score (nSPS) is 15.6. The molecule has 0 bridgehead atoms. The van der Waals surface area contributed by atoms with Crippen molar-refractivity contribution in [1.29, 1.82) is 0 Å². The highest BCUT2D eigenvalue weighted by atomic mass is 35.5. The van der Waals surface area contributed by atoms with Crippen molar-refractivity contribution in [3.05, 3.63) is 82.1 Å². The molecule has 0 spiro atoms. The molecule has 1 N–H and O–H groups in total. The molecule has 156 valence electrons. The smallest absolute Gasteiger partial charge is 0.229 e. The fourth-order valence-electron chi connectivity index (χ4n) is 3.93. The van der Waals surface area contributed by atoms with E-state index in [1.54, 1.807) is 43.5 Å². The zero-order valence-corrected chi connectivity index (χ0v) is 18.1. The number of nitrogens with zero attached hydrogens (tertiary/aromatic N) is 1. The summed E-state index contributed by atoms with van der Waals surface area (Å²) in [6.07, 6.45) is 1.91. The number of methoxy groups -OCH3 is 1. The number of fused-ring (bicyclic) bond motifs is 1. The fourth-order valence-corrected chi connectivity index (χ4v) is 4.80. The van der Waals surface area contributed by atoms with Crippen molar-refractivity contribution in [2.75, 3.05) is 18.1 Å². The number of hydrogen-bond donors (Lipinski definition) is 1. The summed E-state index contributed by atoms with van der Waals surface area (Å²) >= 11 is 6.48. The number of anilines is 1. The van der Waals surface area contributed by atoms with Gasteiger partial charge in [0.2, 0.25) is 15.8 Å². The molecule has 1 unspecified atom stereocenters. The SMILES string of the molecule is COc1ccc(C(=O)c2ccc3n2CCC3c2ccc(NS(C)(=O)=O)cc2Cl)cc1. The van der Waals surface area contributed by atoms with Gasteiger partial charge in [0, 0.05) is 34.4 Å². The third-order valence-corrected chi connectivity index (χ3v) is 6.21. The van der Waals surface area contributed by atoms with E-state index in [2.05, 4.69) is 4.72 Å². The number of benzene rings is 2. The van der Waals surface area contributed by atoms with E-state index in [9.17, 15) is 13.2 Å². The van der Waals surface area contributed by atoms with Crippen LogP contribution in [0.15, 0.2) is 54.6 Å². The van der Waals surface area contributed by atoms with Crippen LogP contribution in [0.2, 0.25) is 5.02 Å². The van der Waals surface area contributed by atoms with Crippen LogP contribution in [-0.4, -0.2) is 32.1 Å². The van der Waals surface area contributed by atoms with Gasteiger partial charge in [-0.2, -0.15) is 0 Å². The molecule has 1 aromatic heterocycles. The Bertz CT molecular complexity index is 1220. The van der Waals surface area contributed by atoms with Crippen LogP contribution >= 0.6 is 11.6 Å². The maximum absolute atomic E-state index is 13.0. The van der Waals surface area contributed by atoms with Crippen molar-refractivity contribution in [3.63, 3.8) is 0 Å². The minimum absolute atomic E-state index is 0.0386. The lowest BCUT2D eigenvalue weighted by molar-refractivity contribution is 0.103. The molecule has 0 radical (unpaired) electrons. The second-order valence-corrected chi connectivity index (χ2v) is 9.46. The summed E-state index contributed by atoms with van der Waals surface area (Å²) in [5.41, 5.74) is 3.61. The molecule has 1 aliphatic heterocycles. The summed E-state index contributed by atoms with van der Waals surface area (Å²) in [5, 5.41) is 0.492. The zero-order valence-electron chi connectivity index (χ0n) is 16.6. The molecule has 6 nitrogen and oxygen atoms in total. The number of carbonyl (C=O) groups excluding carboxylic acids is 1. The van der Waals surface area contributed by atoms with Gasteiger partial charge in [-0.15, -0.1) is 0 Å². The molecule has 1 atom stereocenters. The molecular weight excluding hydrogens is 424 g/mol. The number of nitrogens with one attached hydrogen (secondary N) is 1. The minimum Gasteiger partial charge on any atom is -0.497 e. The number of halogens is 1. The van der Waals surface area contributed by atoms with Gasteiger partial charge < -0.3 is 9.30 Å². The number of hydrogen-bond acceptors (Lipinski definition) is 4. The highest BCUT2D eigenvalue weighted by Crippen LogP contribution is 2.40. The van der Waals surface area contributed by atoms with Crippen LogP contribution in [-0.2, 0) is 16.6 Å². The van der Waals surface area contributed by atoms with E-state index in [0.717, 1.165) is 23.9 Å². The highest BCUT2D eigenvalue weighted by Gasteiger charge is 2.29. The first-order chi connectivity index (χ1) is 14.3. The van der Waals surface area contributed by atoms with Gasteiger partial charge >= 0.3 is 0 Å². The topological polar surface area (TPSA) is 77.4 Å². The summed E-state index contributed by atoms with van der Waals surface area (Å²) < 4.78 is 32.5. The van der Waals surface area contributed by atoms with Crippen LogP contribution in [0.4, 0.5) is 5.69 Å². The van der Waals surface area contributed by atoms with E-state index in [1.807, 2.05) is 22.8 Å². The molecule has 3 aromatic rings. The third kappa shape index (κ3) is 3.95. The van der Waals surface area contributed by atoms with E-state index in [-0.39, 0.29) is 11.7 Å². The number of sulfonamides is 1. The van der Waals surface area contributed by atoms with Crippen LogP contribution < -0.4 is 9.46 Å². The van der Waals surface area contributed by atoms with Gasteiger partial charge in [-0.3, -0.25) is 9.52 Å². The molecule has 0 fully saturated rings. The van der Waals surface area contributed by atoms with Gasteiger partial charge in [0.05, 0.1) is 19.1 Å². The van der Waals surface area contributed by atoms with Crippen LogP contribution in [0.25, 0.3) is 0 Å². The first-order valence-corrected chi connectivity index (χ1v) is 11.7. The van der Waals surface area contributed by atoms with E-state index in [0.29, 0.717) is 34.3 Å². The highest BCUT2D eigenvalue weighted by molar-refractivity contribution is 7.92. The summed E-state index contributed by atoms with van der Waals surface area (Å²) in [7, 11) is -1.78. The molecule has 0 saturated carbocycles. The monoisotopic (exact) mass is 444 g/mol. The van der Waals surface area contributed by atoms with Gasteiger partial charge in [-0.05, 0) is 60.5 Å². The molecule has 0 aliphatic carbocycles. The Morgan fingerprint density at radius 1 is 1.13 bits per heavy atom. The molecular formula is C22H21ClN2O4S. The van der Waals surface area contributed by atoms with Crippen molar-refractivity contribution < 1.29 is 17.9 Å². The Balaban J connectivity index is 1.62. The molecule has 0 amide bonds. The summed E-state index contributed by atoms with van der Waals surface area (Å²) in [6, 6.07) is 16.1. The lowest BCUT2D eigenvalue weighted by atomic mass is 9.94. The van der Waals surface area contributed by atoms with E-state index >= 15 is 0 Å². The van der Waals surface area contributed by atoms with Crippen LogP contribution in [0.3, 0.4) is 0 Å². The van der Waals surface area contributed by atoms with Gasteiger partial charge in [-0.1, -0.05) is 17.7 Å². The fraction of sp³-hybridized carbons (Fsp3) is 0.227. The predicted octanol–water partition coefficient (Wildman–Crippen LogP) is 4.29. The van der Waals surface area contributed by atoms with E-state index < -0.39 is 10.0 Å². The number of carbonyl (C=O) groups is 1. The van der Waals surface area contributed by atoms with Crippen LogP contribution in [0.5, 0.6) is 5.75 Å². The number of ether oxygens (including phenoxy) is 1. The first kappa shape index (κ1) is 20.5. The summed E-state index contributed by atoms with van der Waals surface area (Å²) in [5.74, 6) is 0.709. The molecule has 1 aliphatic rings. The van der Waals surface area contributed by atoms with Crippen molar-refractivity contribution in [2.24, 2.45) is 0 Å². The molecule has 30 heavy (non-hydrogen) atoms. The Labute approximate surface area is 180 Å². The quantitative estimate of drug-likeness (QED) is 0.575. The van der Waals surface area contributed by atoms with Gasteiger partial charge in [0.15, 0.2) is 0 Å². The molecule has 2 aromatic carbocycles. The third-order valence-electron chi connectivity index (χ3n) is 5.28. The maximum Gasteiger partial charge on any atom is 0.229 e. The Morgan fingerprint density at radius 3 is 2.50 bits per heavy atom. The lowest BCUT2D eigenvalue weighted by Crippen LogP contribution is -2.10. The first-order valence-electron chi connectivity index (χ1n) is 9.42. The van der Waals surface area contributed by atoms with Gasteiger partial charge in [0.1, 0.15) is 5.75 Å². The van der Waals surface area contributed by atoms with Crippen molar-refractivity contribution in [3.8, 4) is 5.75 Å². The predicted molar refractivity (Wildman–Crippen MR) is 117 cm³/mol. The average Bonchev–Trinajstić information content (AvgIpc) is 3.29. The van der Waals surface area contributed by atoms with Crippen LogP contribution in [0, 0.1) is 0 Å². The Kier molecular flexibility index (Phi) is 5.34. The van der Waals surface area contributed by atoms with Crippen molar-refractivity contribution >= 4 is 33.1 Å². The number of aromatic nitrogens is 1. The summed E-state index contributed by atoms with van der Waals surface area (Å²) in [4.78, 5) is 13.0. The Morgan fingerprint density at radius 2 is 1.87 bits per heavy atom. The van der Waals surface area contributed by atoms with Gasteiger partial charge in [0.25, 0.3) is 0 Å². The van der Waals surface area contributed by atoms with E-state index in [1.165, 1.54) is 0 Å². The zero-order chi connectivity index (χ0) is 21.5. The lowest BCUT2D eigenvalue weighted by Gasteiger charge is -2.14. The van der Waals surface area contributed by atoms with E-state index in [4.69, 9.17) is 16.3 Å². The number of rotatable bonds is 6. The van der Waals surface area contributed by atoms with Crippen molar-refractivity contribution in [2.45, 2.75) is 18.9 Å². The molecule has 8 heteroatoms. The molecule has 4 rings (SSSR count). The second-order valence-electron chi connectivity index (χ2n) is 7.30.